The van der Waals surface area contributed by atoms with Gasteiger partial charge in [-0.3, -0.25) is 4.79 Å². The highest BCUT2D eigenvalue weighted by atomic mass is 127. The first kappa shape index (κ1) is 17.5. The molecule has 0 spiro atoms. The van der Waals surface area contributed by atoms with Crippen LogP contribution in [0.1, 0.15) is 39.4 Å². The number of aliphatic imine (C=N–C) groups is 1. The van der Waals surface area contributed by atoms with Crippen molar-refractivity contribution in [3.05, 3.63) is 68.0 Å². The third-order valence-electron chi connectivity index (χ3n) is 4.31. The van der Waals surface area contributed by atoms with Gasteiger partial charge in [0.2, 0.25) is 0 Å². The van der Waals surface area contributed by atoms with E-state index in [1.807, 2.05) is 42.5 Å². The lowest BCUT2D eigenvalue weighted by molar-refractivity contribution is 0.102. The van der Waals surface area contributed by atoms with Crippen molar-refractivity contribution in [3.63, 3.8) is 0 Å². The molecule has 0 radical (unpaired) electrons. The van der Waals surface area contributed by atoms with Gasteiger partial charge in [-0.05, 0) is 78.1 Å². The second kappa shape index (κ2) is 7.75. The maximum absolute atomic E-state index is 13.0. The molecule has 0 unspecified atom stereocenters. The summed E-state index contributed by atoms with van der Waals surface area (Å²) in [6, 6.07) is 13.3. The molecule has 1 amide bonds. The van der Waals surface area contributed by atoms with Crippen molar-refractivity contribution in [2.24, 2.45) is 4.99 Å². The van der Waals surface area contributed by atoms with Gasteiger partial charge in [0.1, 0.15) is 10.8 Å². The van der Waals surface area contributed by atoms with Crippen LogP contribution < -0.4 is 5.32 Å². The molecule has 1 aromatic carbocycles. The number of anilines is 1. The number of nitrogens with one attached hydrogen (secondary N) is 1. The highest BCUT2D eigenvalue weighted by molar-refractivity contribution is 14.1. The smallest absolute Gasteiger partial charge is 0.259 e. The van der Waals surface area contributed by atoms with Gasteiger partial charge in [0.05, 0.1) is 11.8 Å². The van der Waals surface area contributed by atoms with Crippen LogP contribution in [0.5, 0.6) is 0 Å². The summed E-state index contributed by atoms with van der Waals surface area (Å²) in [5.74, 6) is 0.604. The highest BCUT2D eigenvalue weighted by Gasteiger charge is 2.25. The van der Waals surface area contributed by atoms with E-state index in [9.17, 15) is 4.79 Å². The van der Waals surface area contributed by atoms with Gasteiger partial charge in [-0.1, -0.05) is 18.2 Å². The molecule has 3 aromatic rings. The van der Waals surface area contributed by atoms with Crippen molar-refractivity contribution in [1.82, 2.24) is 0 Å². The molecule has 0 saturated heterocycles. The van der Waals surface area contributed by atoms with Crippen LogP contribution in [-0.2, 0) is 12.8 Å². The zero-order valence-electron chi connectivity index (χ0n) is 14.0. The van der Waals surface area contributed by atoms with E-state index in [1.54, 1.807) is 17.6 Å². The molecule has 0 saturated carbocycles. The van der Waals surface area contributed by atoms with E-state index in [1.165, 1.54) is 11.3 Å². The van der Waals surface area contributed by atoms with E-state index in [0.29, 0.717) is 11.3 Å². The Labute approximate surface area is 169 Å². The monoisotopic (exact) mass is 476 g/mol. The molecule has 1 aliphatic carbocycles. The Morgan fingerprint density at radius 1 is 1.15 bits per heavy atom. The average molecular weight is 476 g/mol. The summed E-state index contributed by atoms with van der Waals surface area (Å²) in [6.45, 7) is 0. The lowest BCUT2D eigenvalue weighted by Gasteiger charge is -2.12. The first-order valence-corrected chi connectivity index (χ1v) is 10.4. The summed E-state index contributed by atoms with van der Waals surface area (Å²) in [7, 11) is 0. The van der Waals surface area contributed by atoms with Crippen molar-refractivity contribution in [3.8, 4) is 0 Å². The number of furan rings is 1. The van der Waals surface area contributed by atoms with Crippen molar-refractivity contribution >= 4 is 56.7 Å². The van der Waals surface area contributed by atoms with Crippen LogP contribution in [0.25, 0.3) is 0 Å². The van der Waals surface area contributed by atoms with Crippen LogP contribution in [0.2, 0.25) is 0 Å². The van der Waals surface area contributed by atoms with Gasteiger partial charge < -0.3 is 9.73 Å². The molecule has 1 aliphatic rings. The first-order valence-electron chi connectivity index (χ1n) is 8.51. The van der Waals surface area contributed by atoms with Gasteiger partial charge in [0, 0.05) is 10.6 Å². The number of thiophene rings is 1. The Hall–Kier alpha value is -1.93. The Kier molecular flexibility index (Phi) is 5.21. The molecule has 6 heteroatoms. The van der Waals surface area contributed by atoms with Gasteiger partial charge in [0.15, 0.2) is 3.77 Å². The molecule has 2 aromatic heterocycles. The summed E-state index contributed by atoms with van der Waals surface area (Å²) < 4.78 is 6.36. The minimum atomic E-state index is -0.0863. The van der Waals surface area contributed by atoms with Gasteiger partial charge in [0.25, 0.3) is 5.91 Å². The van der Waals surface area contributed by atoms with Gasteiger partial charge in [-0.15, -0.1) is 11.3 Å². The molecule has 0 bridgehead atoms. The molecule has 0 atom stereocenters. The first-order chi connectivity index (χ1) is 12.7. The van der Waals surface area contributed by atoms with Gasteiger partial charge in [-0.25, -0.2) is 4.99 Å². The Balaban J connectivity index is 1.68. The lowest BCUT2D eigenvalue weighted by atomic mass is 9.95. The molecule has 1 N–H and O–H groups in total. The minimum absolute atomic E-state index is 0.0863. The van der Waals surface area contributed by atoms with Crippen LogP contribution in [-0.4, -0.2) is 12.1 Å². The van der Waals surface area contributed by atoms with Crippen molar-refractivity contribution in [2.45, 2.75) is 25.7 Å². The Morgan fingerprint density at radius 3 is 2.73 bits per heavy atom. The molecule has 0 fully saturated rings. The highest BCUT2D eigenvalue weighted by Crippen LogP contribution is 2.40. The number of amides is 1. The molecular weight excluding hydrogens is 459 g/mol. The molecular formula is C20H17IN2O2S. The van der Waals surface area contributed by atoms with Gasteiger partial charge >= 0.3 is 0 Å². The average Bonchev–Trinajstić information content (AvgIpc) is 3.23. The SMILES string of the molecule is O=C(Nc1ccccc1)c1c(N=Cc2ccc(I)o2)sc2c1CCCC2. The van der Waals surface area contributed by atoms with E-state index >= 15 is 0 Å². The number of benzene rings is 1. The minimum Gasteiger partial charge on any atom is -0.449 e. The number of hydrogen-bond acceptors (Lipinski definition) is 4. The van der Waals surface area contributed by atoms with E-state index in [-0.39, 0.29) is 5.91 Å². The van der Waals surface area contributed by atoms with Crippen LogP contribution in [0.4, 0.5) is 10.7 Å². The number of aryl methyl sites for hydroxylation is 1. The summed E-state index contributed by atoms with van der Waals surface area (Å²) >= 11 is 3.75. The van der Waals surface area contributed by atoms with Crippen molar-refractivity contribution < 1.29 is 9.21 Å². The third kappa shape index (κ3) is 3.76. The van der Waals surface area contributed by atoms with E-state index in [0.717, 1.165) is 39.3 Å². The molecule has 4 nitrogen and oxygen atoms in total. The zero-order valence-corrected chi connectivity index (χ0v) is 17.0. The number of halogens is 1. The molecule has 2 heterocycles. The molecule has 0 aliphatic heterocycles. The van der Waals surface area contributed by atoms with Crippen LogP contribution >= 0.6 is 33.9 Å². The summed E-state index contributed by atoms with van der Waals surface area (Å²) in [5, 5.41) is 3.77. The van der Waals surface area contributed by atoms with Gasteiger partial charge in [-0.2, -0.15) is 0 Å². The number of para-hydroxylation sites is 1. The summed E-state index contributed by atoms with van der Waals surface area (Å²) in [6.07, 6.45) is 5.96. The van der Waals surface area contributed by atoms with Crippen LogP contribution in [0, 0.1) is 3.77 Å². The number of nitrogens with zero attached hydrogens (tertiary/aromatic N) is 1. The second-order valence-electron chi connectivity index (χ2n) is 6.11. The lowest BCUT2D eigenvalue weighted by Crippen LogP contribution is -2.14. The quantitative estimate of drug-likeness (QED) is 0.381. The molecule has 132 valence electrons. The van der Waals surface area contributed by atoms with E-state index in [4.69, 9.17) is 4.42 Å². The maximum Gasteiger partial charge on any atom is 0.259 e. The largest absolute Gasteiger partial charge is 0.449 e. The van der Waals surface area contributed by atoms with Crippen LogP contribution in [0.3, 0.4) is 0 Å². The number of carbonyl (C=O) groups excluding carboxylic acids is 1. The molecule has 4 rings (SSSR count). The zero-order chi connectivity index (χ0) is 17.9. The number of hydrogen-bond donors (Lipinski definition) is 1. The predicted molar refractivity (Wildman–Crippen MR) is 114 cm³/mol. The fraction of sp³-hybridized carbons (Fsp3) is 0.200. The summed E-state index contributed by atoms with van der Waals surface area (Å²) in [5.41, 5.74) is 2.67. The normalized spacial score (nSPS) is 13.7. The van der Waals surface area contributed by atoms with Crippen LogP contribution in [0.15, 0.2) is 51.9 Å². The van der Waals surface area contributed by atoms with Crippen molar-refractivity contribution in [1.29, 1.82) is 0 Å². The Bertz CT molecular complexity index is 960. The maximum atomic E-state index is 13.0. The Morgan fingerprint density at radius 2 is 1.96 bits per heavy atom. The predicted octanol–water partition coefficient (Wildman–Crippen LogP) is 5.83. The molecule has 26 heavy (non-hydrogen) atoms. The summed E-state index contributed by atoms with van der Waals surface area (Å²) in [4.78, 5) is 18.9. The number of carbonyl (C=O) groups is 1. The fourth-order valence-electron chi connectivity index (χ4n) is 3.11. The van der Waals surface area contributed by atoms with E-state index in [2.05, 4.69) is 32.9 Å². The number of rotatable bonds is 4. The topological polar surface area (TPSA) is 54.6 Å². The van der Waals surface area contributed by atoms with Crippen molar-refractivity contribution in [2.75, 3.05) is 5.32 Å². The standard InChI is InChI=1S/C20H17IN2O2S/c21-17-11-10-14(25-17)12-22-20-18(15-8-4-5-9-16(15)26-20)19(24)23-13-6-2-1-3-7-13/h1-3,6-7,10-12H,4-5,8-9H2,(H,23,24). The second-order valence-corrected chi connectivity index (χ2v) is 8.26. The number of fused-ring (bicyclic) bond motifs is 1. The third-order valence-corrected chi connectivity index (χ3v) is 6.09. The van der Waals surface area contributed by atoms with E-state index < -0.39 is 0 Å². The fourth-order valence-corrected chi connectivity index (χ4v) is 4.78.